The van der Waals surface area contributed by atoms with Crippen LogP contribution in [0, 0.1) is 0 Å². The molecule has 0 aliphatic rings. The Hall–Kier alpha value is -4.08. The number of rotatable bonds is 6. The topological polar surface area (TPSA) is 109 Å². The number of halogens is 1. The SMILES string of the molecule is COc1ccc(Cn2c(N)c(S(=O)(=O)c3ccc(Cl)cc3)c3cnn(-c4ccccc4)c(=O)c32)cc1. The molecular formula is C26H21ClN4O4S. The first kappa shape index (κ1) is 23.7. The van der Waals surface area contributed by atoms with Crippen molar-refractivity contribution in [2.24, 2.45) is 0 Å². The number of nitrogens with two attached hydrogens (primary N) is 1. The number of benzene rings is 3. The fourth-order valence-corrected chi connectivity index (χ4v) is 5.78. The van der Waals surface area contributed by atoms with Crippen LogP contribution in [0.4, 0.5) is 5.82 Å². The van der Waals surface area contributed by atoms with Crippen molar-refractivity contribution in [1.29, 1.82) is 0 Å². The second kappa shape index (κ2) is 9.18. The molecule has 2 N–H and O–H groups in total. The Morgan fingerprint density at radius 2 is 1.64 bits per heavy atom. The maximum Gasteiger partial charge on any atom is 0.296 e. The van der Waals surface area contributed by atoms with Crippen LogP contribution in [0.15, 0.2) is 99.6 Å². The van der Waals surface area contributed by atoms with E-state index >= 15 is 0 Å². The lowest BCUT2D eigenvalue weighted by molar-refractivity contribution is 0.414. The van der Waals surface area contributed by atoms with E-state index in [-0.39, 0.29) is 33.1 Å². The largest absolute Gasteiger partial charge is 0.497 e. The van der Waals surface area contributed by atoms with E-state index in [1.54, 1.807) is 43.5 Å². The van der Waals surface area contributed by atoms with E-state index < -0.39 is 15.4 Å². The molecule has 0 radical (unpaired) electrons. The third kappa shape index (κ3) is 4.02. The Kier molecular flexibility index (Phi) is 6.03. The maximum atomic E-state index is 13.7. The number of nitrogen functional groups attached to an aromatic ring is 1. The van der Waals surface area contributed by atoms with Crippen LogP contribution >= 0.6 is 11.6 Å². The van der Waals surface area contributed by atoms with Crippen LogP contribution in [0.2, 0.25) is 5.02 Å². The Morgan fingerprint density at radius 1 is 0.972 bits per heavy atom. The van der Waals surface area contributed by atoms with Gasteiger partial charge in [0, 0.05) is 17.0 Å². The number of hydrogen-bond donors (Lipinski definition) is 1. The van der Waals surface area contributed by atoms with Crippen LogP contribution < -0.4 is 16.0 Å². The summed E-state index contributed by atoms with van der Waals surface area (Å²) in [6, 6.07) is 21.9. The zero-order chi connectivity index (χ0) is 25.4. The van der Waals surface area contributed by atoms with Crippen LogP contribution in [0.5, 0.6) is 5.75 Å². The van der Waals surface area contributed by atoms with E-state index in [1.807, 2.05) is 18.2 Å². The summed E-state index contributed by atoms with van der Waals surface area (Å²) in [4.78, 5) is 13.5. The van der Waals surface area contributed by atoms with Gasteiger partial charge >= 0.3 is 0 Å². The summed E-state index contributed by atoms with van der Waals surface area (Å²) in [7, 11) is -2.53. The molecule has 2 heterocycles. The maximum absolute atomic E-state index is 13.7. The molecule has 0 atom stereocenters. The predicted octanol–water partition coefficient (Wildman–Crippen LogP) is 4.31. The van der Waals surface area contributed by atoms with Crippen LogP contribution in [-0.2, 0) is 16.4 Å². The Bertz CT molecular complexity index is 1730. The molecule has 5 aromatic rings. The lowest BCUT2D eigenvalue weighted by atomic mass is 10.2. The molecule has 2 aromatic heterocycles. The molecule has 0 saturated carbocycles. The lowest BCUT2D eigenvalue weighted by Crippen LogP contribution is -2.23. The highest BCUT2D eigenvalue weighted by molar-refractivity contribution is 7.92. The van der Waals surface area contributed by atoms with Crippen molar-refractivity contribution in [3.8, 4) is 11.4 Å². The number of ether oxygens (including phenoxy) is 1. The molecule has 0 aliphatic heterocycles. The van der Waals surface area contributed by atoms with Crippen molar-refractivity contribution in [2.45, 2.75) is 16.3 Å². The number of nitrogens with zero attached hydrogens (tertiary/aromatic N) is 3. The molecule has 0 fully saturated rings. The summed E-state index contributed by atoms with van der Waals surface area (Å²) in [6.07, 6.45) is 1.37. The summed E-state index contributed by atoms with van der Waals surface area (Å²) in [5, 5.41) is 4.82. The summed E-state index contributed by atoms with van der Waals surface area (Å²) in [5.41, 5.74) is 7.48. The van der Waals surface area contributed by atoms with E-state index in [1.165, 1.54) is 39.7 Å². The van der Waals surface area contributed by atoms with Gasteiger partial charge in [0.2, 0.25) is 9.84 Å². The quantitative estimate of drug-likeness (QED) is 0.357. The van der Waals surface area contributed by atoms with Crippen molar-refractivity contribution >= 4 is 38.2 Å². The van der Waals surface area contributed by atoms with Gasteiger partial charge < -0.3 is 15.0 Å². The number of anilines is 1. The molecule has 8 nitrogen and oxygen atoms in total. The second-order valence-electron chi connectivity index (χ2n) is 8.07. The molecule has 5 rings (SSSR count). The van der Waals surface area contributed by atoms with Crippen molar-refractivity contribution < 1.29 is 13.2 Å². The number of hydrogen-bond acceptors (Lipinski definition) is 6. The number of para-hydroxylation sites is 1. The van der Waals surface area contributed by atoms with Crippen molar-refractivity contribution in [1.82, 2.24) is 14.3 Å². The number of sulfone groups is 1. The summed E-state index contributed by atoms with van der Waals surface area (Å²) in [5.74, 6) is 0.617. The van der Waals surface area contributed by atoms with Gasteiger partial charge in [-0.15, -0.1) is 0 Å². The third-order valence-corrected chi connectivity index (χ3v) is 7.99. The summed E-state index contributed by atoms with van der Waals surface area (Å²) >= 11 is 5.96. The third-order valence-electron chi connectivity index (χ3n) is 5.88. The van der Waals surface area contributed by atoms with Gasteiger partial charge in [-0.2, -0.15) is 9.78 Å². The Morgan fingerprint density at radius 3 is 2.28 bits per heavy atom. The minimum atomic E-state index is -4.10. The molecule has 0 saturated heterocycles. The molecule has 36 heavy (non-hydrogen) atoms. The first-order valence-electron chi connectivity index (χ1n) is 10.9. The van der Waals surface area contributed by atoms with Crippen LogP contribution in [0.3, 0.4) is 0 Å². The normalized spacial score (nSPS) is 11.6. The van der Waals surface area contributed by atoms with E-state index in [0.717, 1.165) is 5.56 Å². The van der Waals surface area contributed by atoms with Gasteiger partial charge in [-0.05, 0) is 54.1 Å². The molecule has 0 unspecified atom stereocenters. The molecule has 10 heteroatoms. The highest BCUT2D eigenvalue weighted by Crippen LogP contribution is 2.35. The lowest BCUT2D eigenvalue weighted by Gasteiger charge is -2.10. The van der Waals surface area contributed by atoms with Gasteiger partial charge in [0.1, 0.15) is 22.0 Å². The summed E-state index contributed by atoms with van der Waals surface area (Å²) in [6.45, 7) is 0.163. The number of fused-ring (bicyclic) bond motifs is 1. The average Bonchev–Trinajstić information content (AvgIpc) is 3.18. The monoisotopic (exact) mass is 520 g/mol. The fourth-order valence-electron chi connectivity index (χ4n) is 4.10. The fraction of sp³-hybridized carbons (Fsp3) is 0.0769. The standard InChI is InChI=1S/C26H21ClN4O4S/c1-35-20-11-7-17(8-12-20)16-30-23-22(15-29-31(26(23)32)19-5-3-2-4-6-19)24(25(30)28)36(33,34)21-13-9-18(27)10-14-21/h2-15H,16,28H2,1H3. The zero-order valence-corrected chi connectivity index (χ0v) is 20.7. The van der Waals surface area contributed by atoms with Gasteiger partial charge in [-0.3, -0.25) is 4.79 Å². The van der Waals surface area contributed by atoms with Crippen LogP contribution in [-0.4, -0.2) is 29.9 Å². The first-order chi connectivity index (χ1) is 17.3. The first-order valence-corrected chi connectivity index (χ1v) is 12.8. The Labute approximate surface area is 212 Å². The Balaban J connectivity index is 1.78. The zero-order valence-electron chi connectivity index (χ0n) is 19.1. The van der Waals surface area contributed by atoms with Gasteiger partial charge in [0.05, 0.1) is 23.9 Å². The van der Waals surface area contributed by atoms with Crippen molar-refractivity contribution in [2.75, 3.05) is 12.8 Å². The molecule has 0 amide bonds. The van der Waals surface area contributed by atoms with Gasteiger partial charge in [0.15, 0.2) is 0 Å². The minimum absolute atomic E-state index is 0.00864. The highest BCUT2D eigenvalue weighted by atomic mass is 35.5. The van der Waals surface area contributed by atoms with Crippen molar-refractivity contribution in [3.63, 3.8) is 0 Å². The summed E-state index contributed by atoms with van der Waals surface area (Å²) < 4.78 is 35.4. The van der Waals surface area contributed by atoms with Gasteiger partial charge in [-0.25, -0.2) is 8.42 Å². The molecule has 3 aromatic carbocycles. The average molecular weight is 521 g/mol. The molecule has 0 aliphatic carbocycles. The van der Waals surface area contributed by atoms with Crippen molar-refractivity contribution in [3.05, 3.63) is 106 Å². The molecule has 0 bridgehead atoms. The number of methoxy groups -OCH3 is 1. The van der Waals surface area contributed by atoms with E-state index in [0.29, 0.717) is 16.5 Å². The van der Waals surface area contributed by atoms with E-state index in [9.17, 15) is 13.2 Å². The van der Waals surface area contributed by atoms with Gasteiger partial charge in [0.25, 0.3) is 5.56 Å². The molecule has 0 spiro atoms. The molecule has 182 valence electrons. The van der Waals surface area contributed by atoms with Crippen LogP contribution in [0.1, 0.15) is 5.56 Å². The van der Waals surface area contributed by atoms with E-state index in [2.05, 4.69) is 5.10 Å². The second-order valence-corrected chi connectivity index (χ2v) is 10.4. The molecular weight excluding hydrogens is 500 g/mol. The van der Waals surface area contributed by atoms with Gasteiger partial charge in [-0.1, -0.05) is 41.9 Å². The minimum Gasteiger partial charge on any atom is -0.497 e. The predicted molar refractivity (Wildman–Crippen MR) is 139 cm³/mol. The smallest absolute Gasteiger partial charge is 0.296 e. The number of aromatic nitrogens is 3. The van der Waals surface area contributed by atoms with Crippen LogP contribution in [0.25, 0.3) is 16.6 Å². The van der Waals surface area contributed by atoms with E-state index in [4.69, 9.17) is 22.1 Å². The highest BCUT2D eigenvalue weighted by Gasteiger charge is 2.30.